The summed E-state index contributed by atoms with van der Waals surface area (Å²) in [5, 5.41) is 2.73. The zero-order chi connectivity index (χ0) is 14.5. The molecular formula is C14H16FNO4. The highest BCUT2D eigenvalue weighted by Crippen LogP contribution is 2.18. The summed E-state index contributed by atoms with van der Waals surface area (Å²) >= 11 is 0. The Bertz CT molecular complexity index is 502. The highest BCUT2D eigenvalue weighted by molar-refractivity contribution is 5.84. The zero-order valence-electron chi connectivity index (χ0n) is 11.1. The molecule has 1 fully saturated rings. The van der Waals surface area contributed by atoms with Gasteiger partial charge >= 0.3 is 5.97 Å². The summed E-state index contributed by atoms with van der Waals surface area (Å²) in [5.41, 5.74) is 0. The summed E-state index contributed by atoms with van der Waals surface area (Å²) in [6, 6.07) is 5.65. The van der Waals surface area contributed by atoms with Crippen LogP contribution in [0.25, 0.3) is 0 Å². The van der Waals surface area contributed by atoms with E-state index < -0.39 is 17.9 Å². The Labute approximate surface area is 116 Å². The molecule has 1 atom stereocenters. The maximum Gasteiger partial charge on any atom is 0.344 e. The molecule has 1 N–H and O–H groups in total. The monoisotopic (exact) mass is 281 g/mol. The fourth-order valence-electron chi connectivity index (χ4n) is 1.53. The van der Waals surface area contributed by atoms with Crippen LogP contribution >= 0.6 is 0 Å². The van der Waals surface area contributed by atoms with Crippen LogP contribution in [-0.2, 0) is 14.3 Å². The third-order valence-electron chi connectivity index (χ3n) is 2.75. The average Bonchev–Trinajstić information content (AvgIpc) is 3.20. The number of halogens is 1. The number of benzene rings is 1. The predicted octanol–water partition coefficient (Wildman–Crippen LogP) is 1.41. The molecule has 0 heterocycles. The Morgan fingerprint density at radius 2 is 2.20 bits per heavy atom. The van der Waals surface area contributed by atoms with E-state index in [0.29, 0.717) is 0 Å². The molecule has 0 spiro atoms. The smallest absolute Gasteiger partial charge is 0.344 e. The predicted molar refractivity (Wildman–Crippen MR) is 68.6 cm³/mol. The first-order chi connectivity index (χ1) is 9.54. The van der Waals surface area contributed by atoms with Crippen LogP contribution in [0.1, 0.15) is 19.8 Å². The van der Waals surface area contributed by atoms with Crippen molar-refractivity contribution in [2.24, 2.45) is 0 Å². The molecular weight excluding hydrogens is 265 g/mol. The second-order valence-electron chi connectivity index (χ2n) is 4.66. The minimum absolute atomic E-state index is 0.215. The van der Waals surface area contributed by atoms with Crippen LogP contribution in [-0.4, -0.2) is 30.6 Å². The van der Waals surface area contributed by atoms with Crippen LogP contribution in [0.2, 0.25) is 0 Å². The molecule has 0 radical (unpaired) electrons. The van der Waals surface area contributed by atoms with E-state index in [1.807, 2.05) is 0 Å². The fourth-order valence-corrected chi connectivity index (χ4v) is 1.53. The van der Waals surface area contributed by atoms with Crippen molar-refractivity contribution in [3.8, 4) is 5.75 Å². The van der Waals surface area contributed by atoms with Gasteiger partial charge in [0.15, 0.2) is 12.7 Å². The maximum atomic E-state index is 12.9. The lowest BCUT2D eigenvalue weighted by atomic mass is 10.3. The number of amides is 1. The molecule has 1 aliphatic rings. The van der Waals surface area contributed by atoms with Crippen LogP contribution < -0.4 is 10.1 Å². The van der Waals surface area contributed by atoms with E-state index in [1.54, 1.807) is 0 Å². The molecule has 0 aromatic heterocycles. The van der Waals surface area contributed by atoms with Gasteiger partial charge in [0.1, 0.15) is 11.6 Å². The van der Waals surface area contributed by atoms with Gasteiger partial charge in [-0.1, -0.05) is 6.07 Å². The van der Waals surface area contributed by atoms with Crippen LogP contribution in [0.3, 0.4) is 0 Å². The lowest BCUT2D eigenvalue weighted by Crippen LogP contribution is -2.37. The molecule has 0 aliphatic heterocycles. The van der Waals surface area contributed by atoms with E-state index in [1.165, 1.54) is 25.1 Å². The third-order valence-corrected chi connectivity index (χ3v) is 2.75. The number of rotatable bonds is 6. The van der Waals surface area contributed by atoms with Gasteiger partial charge in [-0.15, -0.1) is 0 Å². The quantitative estimate of drug-likeness (QED) is 0.801. The number of esters is 1. The molecule has 1 aliphatic carbocycles. The standard InChI is InChI=1S/C14H16FNO4/c1-9(14(18)16-11-5-6-11)20-13(17)8-19-12-4-2-3-10(15)7-12/h2-4,7,9,11H,5-6,8H2,1H3,(H,16,18)/t9-/m1/s1. The molecule has 1 aromatic rings. The Morgan fingerprint density at radius 1 is 1.45 bits per heavy atom. The van der Waals surface area contributed by atoms with Gasteiger partial charge in [-0.25, -0.2) is 9.18 Å². The van der Waals surface area contributed by atoms with Gasteiger partial charge in [0.05, 0.1) is 0 Å². The van der Waals surface area contributed by atoms with Crippen molar-refractivity contribution >= 4 is 11.9 Å². The van der Waals surface area contributed by atoms with Gasteiger partial charge in [-0.2, -0.15) is 0 Å². The molecule has 1 amide bonds. The first-order valence-electron chi connectivity index (χ1n) is 6.43. The Balaban J connectivity index is 1.72. The van der Waals surface area contributed by atoms with Crippen molar-refractivity contribution < 1.29 is 23.5 Å². The van der Waals surface area contributed by atoms with E-state index in [4.69, 9.17) is 9.47 Å². The first kappa shape index (κ1) is 14.3. The molecule has 2 rings (SSSR count). The van der Waals surface area contributed by atoms with Crippen LogP contribution in [0.4, 0.5) is 4.39 Å². The second-order valence-corrected chi connectivity index (χ2v) is 4.66. The van der Waals surface area contributed by atoms with E-state index in [-0.39, 0.29) is 24.3 Å². The summed E-state index contributed by atoms with van der Waals surface area (Å²) < 4.78 is 22.9. The van der Waals surface area contributed by atoms with E-state index in [2.05, 4.69) is 5.32 Å². The summed E-state index contributed by atoms with van der Waals surface area (Å²) in [4.78, 5) is 23.1. The van der Waals surface area contributed by atoms with Gasteiger partial charge in [0.2, 0.25) is 0 Å². The largest absolute Gasteiger partial charge is 0.482 e. The van der Waals surface area contributed by atoms with Crippen LogP contribution in [0.5, 0.6) is 5.75 Å². The van der Waals surface area contributed by atoms with Crippen molar-refractivity contribution in [3.05, 3.63) is 30.1 Å². The summed E-state index contributed by atoms with van der Waals surface area (Å²) in [5.74, 6) is -1.20. The number of carbonyl (C=O) groups is 2. The molecule has 6 heteroatoms. The molecule has 0 bridgehead atoms. The minimum atomic E-state index is -0.862. The number of hydrogen-bond donors (Lipinski definition) is 1. The van der Waals surface area contributed by atoms with Gasteiger partial charge in [-0.3, -0.25) is 4.79 Å². The lowest BCUT2D eigenvalue weighted by molar-refractivity contribution is -0.156. The minimum Gasteiger partial charge on any atom is -0.482 e. The van der Waals surface area contributed by atoms with E-state index >= 15 is 0 Å². The highest BCUT2D eigenvalue weighted by Gasteiger charge is 2.27. The molecule has 1 aromatic carbocycles. The van der Waals surface area contributed by atoms with Gasteiger partial charge in [-0.05, 0) is 31.9 Å². The number of carbonyl (C=O) groups excluding carboxylic acids is 2. The van der Waals surface area contributed by atoms with E-state index in [0.717, 1.165) is 18.9 Å². The first-order valence-corrected chi connectivity index (χ1v) is 6.43. The lowest BCUT2D eigenvalue weighted by Gasteiger charge is -2.13. The molecule has 0 saturated heterocycles. The van der Waals surface area contributed by atoms with Gasteiger partial charge < -0.3 is 14.8 Å². The molecule has 108 valence electrons. The topological polar surface area (TPSA) is 64.6 Å². The summed E-state index contributed by atoms with van der Waals surface area (Å²) in [7, 11) is 0. The molecule has 0 unspecified atom stereocenters. The highest BCUT2D eigenvalue weighted by atomic mass is 19.1. The fraction of sp³-hybridized carbons (Fsp3) is 0.429. The van der Waals surface area contributed by atoms with Gasteiger partial charge in [0.25, 0.3) is 5.91 Å². The summed E-state index contributed by atoms with van der Waals surface area (Å²) in [6.45, 7) is 1.13. The Morgan fingerprint density at radius 3 is 2.85 bits per heavy atom. The Kier molecular flexibility index (Phi) is 4.55. The number of nitrogens with one attached hydrogen (secondary N) is 1. The van der Waals surface area contributed by atoms with Crippen molar-refractivity contribution in [1.29, 1.82) is 0 Å². The SMILES string of the molecule is C[C@@H](OC(=O)COc1cccc(F)c1)C(=O)NC1CC1. The second kappa shape index (κ2) is 6.36. The van der Waals surface area contributed by atoms with Crippen molar-refractivity contribution in [3.63, 3.8) is 0 Å². The number of hydrogen-bond acceptors (Lipinski definition) is 4. The van der Waals surface area contributed by atoms with Gasteiger partial charge in [0, 0.05) is 12.1 Å². The maximum absolute atomic E-state index is 12.9. The van der Waals surface area contributed by atoms with E-state index in [9.17, 15) is 14.0 Å². The Hall–Kier alpha value is -2.11. The normalized spacial score (nSPS) is 15.3. The van der Waals surface area contributed by atoms with Crippen LogP contribution in [0.15, 0.2) is 24.3 Å². The van der Waals surface area contributed by atoms with Crippen LogP contribution in [0, 0.1) is 5.82 Å². The molecule has 20 heavy (non-hydrogen) atoms. The third kappa shape index (κ3) is 4.53. The zero-order valence-corrected chi connectivity index (χ0v) is 11.1. The summed E-state index contributed by atoms with van der Waals surface area (Å²) in [6.07, 6.45) is 1.07. The molecule has 1 saturated carbocycles. The molecule has 5 nitrogen and oxygen atoms in total. The average molecular weight is 281 g/mol. The van der Waals surface area contributed by atoms with Crippen molar-refractivity contribution in [2.75, 3.05) is 6.61 Å². The number of ether oxygens (including phenoxy) is 2. The van der Waals surface area contributed by atoms with Crippen molar-refractivity contribution in [2.45, 2.75) is 31.9 Å². The van der Waals surface area contributed by atoms with Crippen molar-refractivity contribution in [1.82, 2.24) is 5.32 Å².